The van der Waals surface area contributed by atoms with Gasteiger partial charge in [0.2, 0.25) is 0 Å². The summed E-state index contributed by atoms with van der Waals surface area (Å²) in [6.07, 6.45) is 0.582. The van der Waals surface area contributed by atoms with Gasteiger partial charge in [-0.1, -0.05) is 6.92 Å². The summed E-state index contributed by atoms with van der Waals surface area (Å²) in [6.45, 7) is 1.89. The van der Waals surface area contributed by atoms with Crippen LogP contribution in [-0.2, 0) is 11.2 Å². The van der Waals surface area contributed by atoms with Crippen LogP contribution < -0.4 is 5.73 Å². The monoisotopic (exact) mass is 263 g/mol. The third-order valence-electron chi connectivity index (χ3n) is 2.75. The Morgan fingerprint density at radius 1 is 1.42 bits per heavy atom. The van der Waals surface area contributed by atoms with Crippen molar-refractivity contribution in [3.63, 3.8) is 0 Å². The summed E-state index contributed by atoms with van der Waals surface area (Å²) in [5.41, 5.74) is 6.53. The zero-order chi connectivity index (χ0) is 14.0. The number of methoxy groups -OCH3 is 1. The van der Waals surface area contributed by atoms with Gasteiger partial charge in [-0.15, -0.1) is 0 Å². The number of nitrogens with two attached hydrogens (primary N) is 1. The van der Waals surface area contributed by atoms with Crippen molar-refractivity contribution in [1.29, 1.82) is 0 Å². The highest BCUT2D eigenvalue weighted by molar-refractivity contribution is 5.93. The van der Waals surface area contributed by atoms with Crippen LogP contribution in [0.25, 0.3) is 5.69 Å². The second-order valence-corrected chi connectivity index (χ2v) is 3.92. The van der Waals surface area contributed by atoms with E-state index >= 15 is 0 Å². The molecule has 1 aromatic heterocycles. The summed E-state index contributed by atoms with van der Waals surface area (Å²) >= 11 is 0. The molecule has 0 saturated carbocycles. The molecule has 0 aliphatic rings. The summed E-state index contributed by atoms with van der Waals surface area (Å²) in [6, 6.07) is 5.74. The fourth-order valence-electron chi connectivity index (χ4n) is 1.88. The second-order valence-electron chi connectivity index (χ2n) is 3.92. The third-order valence-corrected chi connectivity index (χ3v) is 2.75. The molecule has 0 aliphatic carbocycles. The van der Waals surface area contributed by atoms with E-state index in [0.717, 1.165) is 0 Å². The van der Waals surface area contributed by atoms with Gasteiger partial charge >= 0.3 is 5.97 Å². The van der Waals surface area contributed by atoms with E-state index in [9.17, 15) is 9.18 Å². The fourth-order valence-corrected chi connectivity index (χ4v) is 1.88. The highest BCUT2D eigenvalue weighted by Crippen LogP contribution is 2.22. The molecule has 19 heavy (non-hydrogen) atoms. The van der Waals surface area contributed by atoms with E-state index in [1.165, 1.54) is 19.2 Å². The highest BCUT2D eigenvalue weighted by atomic mass is 19.1. The predicted octanol–water partition coefficient (Wildman–Crippen LogP) is 1.94. The normalized spacial score (nSPS) is 10.5. The van der Waals surface area contributed by atoms with Gasteiger partial charge in [-0.2, -0.15) is 0 Å². The Balaban J connectivity index is 2.66. The van der Waals surface area contributed by atoms with Gasteiger partial charge in [0, 0.05) is 12.1 Å². The lowest BCUT2D eigenvalue weighted by Gasteiger charge is -2.10. The van der Waals surface area contributed by atoms with Gasteiger partial charge in [0.05, 0.1) is 7.11 Å². The molecule has 0 aliphatic heterocycles. The Hall–Kier alpha value is -2.37. The molecular weight excluding hydrogens is 249 g/mol. The first-order valence-corrected chi connectivity index (χ1v) is 5.79. The Labute approximate surface area is 109 Å². The first-order chi connectivity index (χ1) is 9.08. The van der Waals surface area contributed by atoms with E-state index in [4.69, 9.17) is 10.5 Å². The lowest BCUT2D eigenvalue weighted by Crippen LogP contribution is -2.12. The summed E-state index contributed by atoms with van der Waals surface area (Å²) in [5, 5.41) is 0. The first kappa shape index (κ1) is 13.1. The SMILES string of the molecule is CCc1nc(N)c(C(=O)OC)n1-c1ccc(F)cc1. The number of imidazole rings is 1. The van der Waals surface area contributed by atoms with Crippen LogP contribution in [-0.4, -0.2) is 22.6 Å². The van der Waals surface area contributed by atoms with Crippen LogP contribution >= 0.6 is 0 Å². The number of aromatic nitrogens is 2. The number of benzene rings is 1. The van der Waals surface area contributed by atoms with Gasteiger partial charge in [-0.25, -0.2) is 14.2 Å². The maximum atomic E-state index is 13.0. The Bertz CT molecular complexity index is 605. The quantitative estimate of drug-likeness (QED) is 0.859. The molecule has 0 spiro atoms. The van der Waals surface area contributed by atoms with Crippen molar-refractivity contribution >= 4 is 11.8 Å². The van der Waals surface area contributed by atoms with E-state index in [1.807, 2.05) is 6.92 Å². The number of hydrogen-bond acceptors (Lipinski definition) is 4. The Kier molecular flexibility index (Phi) is 3.50. The summed E-state index contributed by atoms with van der Waals surface area (Å²) in [7, 11) is 1.27. The minimum Gasteiger partial charge on any atom is -0.464 e. The lowest BCUT2D eigenvalue weighted by atomic mass is 10.3. The molecule has 6 heteroatoms. The number of ether oxygens (including phenoxy) is 1. The van der Waals surface area contributed by atoms with Crippen molar-refractivity contribution in [2.24, 2.45) is 0 Å². The standard InChI is InChI=1S/C13H14FN3O2/c1-3-10-16-12(15)11(13(18)19-2)17(10)9-6-4-8(14)5-7-9/h4-7H,3,15H2,1-2H3. The topological polar surface area (TPSA) is 70.1 Å². The van der Waals surface area contributed by atoms with Gasteiger partial charge in [0.1, 0.15) is 11.6 Å². The van der Waals surface area contributed by atoms with Crippen LogP contribution in [0.1, 0.15) is 23.2 Å². The van der Waals surface area contributed by atoms with Crippen molar-refractivity contribution in [1.82, 2.24) is 9.55 Å². The molecule has 100 valence electrons. The Morgan fingerprint density at radius 3 is 2.58 bits per heavy atom. The number of nitrogen functional groups attached to an aromatic ring is 1. The molecule has 2 rings (SSSR count). The summed E-state index contributed by atoms with van der Waals surface area (Å²) in [4.78, 5) is 15.9. The predicted molar refractivity (Wildman–Crippen MR) is 68.7 cm³/mol. The lowest BCUT2D eigenvalue weighted by molar-refractivity contribution is 0.0592. The van der Waals surface area contributed by atoms with E-state index in [0.29, 0.717) is 17.9 Å². The number of aryl methyl sites for hydroxylation is 1. The largest absolute Gasteiger partial charge is 0.464 e. The van der Waals surface area contributed by atoms with Gasteiger partial charge in [-0.3, -0.25) is 4.57 Å². The average Bonchev–Trinajstić information content (AvgIpc) is 2.75. The van der Waals surface area contributed by atoms with E-state index in [1.54, 1.807) is 16.7 Å². The van der Waals surface area contributed by atoms with E-state index in [-0.39, 0.29) is 17.3 Å². The number of hydrogen-bond donors (Lipinski definition) is 1. The fraction of sp³-hybridized carbons (Fsp3) is 0.231. The van der Waals surface area contributed by atoms with Crippen LogP contribution in [0.5, 0.6) is 0 Å². The zero-order valence-corrected chi connectivity index (χ0v) is 10.7. The van der Waals surface area contributed by atoms with Crippen molar-refractivity contribution in [2.75, 3.05) is 12.8 Å². The summed E-state index contributed by atoms with van der Waals surface area (Å²) < 4.78 is 19.3. The smallest absolute Gasteiger partial charge is 0.358 e. The number of anilines is 1. The van der Waals surface area contributed by atoms with Crippen molar-refractivity contribution < 1.29 is 13.9 Å². The molecule has 2 N–H and O–H groups in total. The minimum atomic E-state index is -0.575. The number of esters is 1. The molecule has 0 fully saturated rings. The Morgan fingerprint density at radius 2 is 2.05 bits per heavy atom. The molecule has 0 amide bonds. The molecule has 0 bridgehead atoms. The van der Waals surface area contributed by atoms with Crippen molar-refractivity contribution in [3.05, 3.63) is 41.6 Å². The minimum absolute atomic E-state index is 0.105. The third kappa shape index (κ3) is 2.29. The second kappa shape index (κ2) is 5.09. The van der Waals surface area contributed by atoms with Crippen LogP contribution in [0.4, 0.5) is 10.2 Å². The van der Waals surface area contributed by atoms with Crippen LogP contribution in [0.3, 0.4) is 0 Å². The van der Waals surface area contributed by atoms with Gasteiger partial charge in [0.15, 0.2) is 11.5 Å². The maximum Gasteiger partial charge on any atom is 0.358 e. The molecule has 2 aromatic rings. The summed E-state index contributed by atoms with van der Waals surface area (Å²) in [5.74, 6) is -0.207. The number of carbonyl (C=O) groups is 1. The number of nitrogens with zero attached hydrogens (tertiary/aromatic N) is 2. The van der Waals surface area contributed by atoms with Crippen LogP contribution in [0.15, 0.2) is 24.3 Å². The van der Waals surface area contributed by atoms with E-state index < -0.39 is 5.97 Å². The molecule has 1 heterocycles. The highest BCUT2D eigenvalue weighted by Gasteiger charge is 2.22. The first-order valence-electron chi connectivity index (χ1n) is 5.79. The van der Waals surface area contributed by atoms with Crippen LogP contribution in [0.2, 0.25) is 0 Å². The van der Waals surface area contributed by atoms with Gasteiger partial charge in [-0.05, 0) is 24.3 Å². The maximum absolute atomic E-state index is 13.0. The zero-order valence-electron chi connectivity index (χ0n) is 10.7. The van der Waals surface area contributed by atoms with Crippen LogP contribution in [0, 0.1) is 5.82 Å². The average molecular weight is 263 g/mol. The van der Waals surface area contributed by atoms with Gasteiger partial charge in [0.25, 0.3) is 0 Å². The van der Waals surface area contributed by atoms with Crippen molar-refractivity contribution in [3.8, 4) is 5.69 Å². The molecule has 0 atom stereocenters. The molecule has 0 unspecified atom stereocenters. The number of rotatable bonds is 3. The van der Waals surface area contributed by atoms with Gasteiger partial charge < -0.3 is 10.5 Å². The number of carbonyl (C=O) groups excluding carboxylic acids is 1. The molecular formula is C13H14FN3O2. The molecule has 1 aromatic carbocycles. The molecule has 5 nitrogen and oxygen atoms in total. The van der Waals surface area contributed by atoms with E-state index in [2.05, 4.69) is 4.98 Å². The molecule has 0 saturated heterocycles. The number of halogens is 1. The van der Waals surface area contributed by atoms with Crippen molar-refractivity contribution in [2.45, 2.75) is 13.3 Å². The molecule has 0 radical (unpaired) electrons.